The SMILES string of the molecule is CC(C)(C)NC(=O)c1ccc(C(O)c2ccc(Cl)cc2)cc1. The second-order valence-corrected chi connectivity index (χ2v) is 6.72. The van der Waals surface area contributed by atoms with Gasteiger partial charge >= 0.3 is 0 Å². The van der Waals surface area contributed by atoms with E-state index >= 15 is 0 Å². The van der Waals surface area contributed by atoms with Gasteiger partial charge in [-0.2, -0.15) is 0 Å². The molecule has 1 amide bonds. The van der Waals surface area contributed by atoms with Crippen LogP contribution in [0.1, 0.15) is 48.4 Å². The van der Waals surface area contributed by atoms with Gasteiger partial charge in [-0.25, -0.2) is 0 Å². The summed E-state index contributed by atoms with van der Waals surface area (Å²) in [4.78, 5) is 12.1. The Kier molecular flexibility index (Phi) is 4.89. The Bertz CT molecular complexity index is 642. The highest BCUT2D eigenvalue weighted by molar-refractivity contribution is 6.30. The van der Waals surface area contributed by atoms with Crippen molar-refractivity contribution < 1.29 is 9.90 Å². The van der Waals surface area contributed by atoms with Crippen molar-refractivity contribution in [1.29, 1.82) is 0 Å². The number of rotatable bonds is 3. The zero-order chi connectivity index (χ0) is 16.3. The summed E-state index contributed by atoms with van der Waals surface area (Å²) in [6.45, 7) is 5.80. The smallest absolute Gasteiger partial charge is 0.251 e. The normalized spacial score (nSPS) is 12.8. The topological polar surface area (TPSA) is 49.3 Å². The van der Waals surface area contributed by atoms with E-state index in [2.05, 4.69) is 5.32 Å². The van der Waals surface area contributed by atoms with Crippen LogP contribution in [0.2, 0.25) is 5.02 Å². The number of aliphatic hydroxyl groups excluding tert-OH is 1. The van der Waals surface area contributed by atoms with Gasteiger partial charge in [0.2, 0.25) is 0 Å². The number of nitrogens with one attached hydrogen (secondary N) is 1. The number of carbonyl (C=O) groups excluding carboxylic acids is 1. The molecule has 0 aliphatic rings. The van der Waals surface area contributed by atoms with Gasteiger partial charge in [0, 0.05) is 16.1 Å². The van der Waals surface area contributed by atoms with E-state index < -0.39 is 6.10 Å². The number of carbonyl (C=O) groups is 1. The minimum Gasteiger partial charge on any atom is -0.384 e. The van der Waals surface area contributed by atoms with Crippen LogP contribution in [0.5, 0.6) is 0 Å². The molecule has 2 rings (SSSR count). The van der Waals surface area contributed by atoms with Crippen LogP contribution in [-0.2, 0) is 0 Å². The maximum absolute atomic E-state index is 12.1. The zero-order valence-electron chi connectivity index (χ0n) is 12.9. The molecule has 0 spiro atoms. The first-order chi connectivity index (χ1) is 10.3. The van der Waals surface area contributed by atoms with Gasteiger partial charge < -0.3 is 10.4 Å². The molecule has 1 atom stereocenters. The Morgan fingerprint density at radius 1 is 1.00 bits per heavy atom. The van der Waals surface area contributed by atoms with Crippen LogP contribution in [-0.4, -0.2) is 16.6 Å². The number of aliphatic hydroxyl groups is 1. The minimum absolute atomic E-state index is 0.125. The van der Waals surface area contributed by atoms with Crippen molar-refractivity contribution in [3.05, 3.63) is 70.2 Å². The largest absolute Gasteiger partial charge is 0.384 e. The minimum atomic E-state index is -0.739. The van der Waals surface area contributed by atoms with E-state index in [1.165, 1.54) is 0 Å². The third-order valence-electron chi connectivity index (χ3n) is 3.16. The average Bonchev–Trinajstić information content (AvgIpc) is 2.46. The molecule has 0 saturated heterocycles. The lowest BCUT2D eigenvalue weighted by atomic mass is 10.00. The molecule has 0 fully saturated rings. The first kappa shape index (κ1) is 16.5. The highest BCUT2D eigenvalue weighted by Gasteiger charge is 2.16. The molecule has 0 heterocycles. The molecule has 0 aliphatic heterocycles. The van der Waals surface area contributed by atoms with Crippen molar-refractivity contribution in [2.45, 2.75) is 32.4 Å². The van der Waals surface area contributed by atoms with Gasteiger partial charge in [-0.15, -0.1) is 0 Å². The summed E-state index contributed by atoms with van der Waals surface area (Å²) in [5.74, 6) is -0.125. The number of amides is 1. The van der Waals surface area contributed by atoms with E-state index in [9.17, 15) is 9.90 Å². The molecule has 22 heavy (non-hydrogen) atoms. The van der Waals surface area contributed by atoms with Gasteiger partial charge in [0.15, 0.2) is 0 Å². The average molecular weight is 318 g/mol. The lowest BCUT2D eigenvalue weighted by molar-refractivity contribution is 0.0919. The van der Waals surface area contributed by atoms with Crippen molar-refractivity contribution >= 4 is 17.5 Å². The Morgan fingerprint density at radius 3 is 1.91 bits per heavy atom. The molecule has 0 aliphatic carbocycles. The first-order valence-electron chi connectivity index (χ1n) is 7.12. The monoisotopic (exact) mass is 317 g/mol. The number of hydrogen-bond donors (Lipinski definition) is 2. The summed E-state index contributed by atoms with van der Waals surface area (Å²) in [7, 11) is 0. The fourth-order valence-corrected chi connectivity index (χ4v) is 2.19. The summed E-state index contributed by atoms with van der Waals surface area (Å²) in [5.41, 5.74) is 1.78. The van der Waals surface area contributed by atoms with Crippen molar-refractivity contribution in [2.75, 3.05) is 0 Å². The fraction of sp³-hybridized carbons (Fsp3) is 0.278. The second kappa shape index (κ2) is 6.51. The Labute approximate surface area is 135 Å². The first-order valence-corrected chi connectivity index (χ1v) is 7.50. The third-order valence-corrected chi connectivity index (χ3v) is 3.41. The van der Waals surface area contributed by atoms with Crippen LogP contribution in [0.15, 0.2) is 48.5 Å². The summed E-state index contributed by atoms with van der Waals surface area (Å²) < 4.78 is 0. The van der Waals surface area contributed by atoms with Gasteiger partial charge in [0.05, 0.1) is 0 Å². The molecule has 4 heteroatoms. The highest BCUT2D eigenvalue weighted by atomic mass is 35.5. The van der Waals surface area contributed by atoms with E-state index in [0.29, 0.717) is 10.6 Å². The molecule has 2 N–H and O–H groups in total. The number of hydrogen-bond acceptors (Lipinski definition) is 2. The summed E-state index contributed by atoms with van der Waals surface area (Å²) in [6.07, 6.45) is -0.739. The molecule has 0 saturated carbocycles. The zero-order valence-corrected chi connectivity index (χ0v) is 13.7. The van der Waals surface area contributed by atoms with E-state index in [4.69, 9.17) is 11.6 Å². The lowest BCUT2D eigenvalue weighted by Gasteiger charge is -2.20. The Hall–Kier alpha value is -1.84. The Morgan fingerprint density at radius 2 is 1.45 bits per heavy atom. The number of halogens is 1. The van der Waals surface area contributed by atoms with Crippen molar-refractivity contribution in [3.8, 4) is 0 Å². The molecular formula is C18H20ClNO2. The van der Waals surface area contributed by atoms with Crippen LogP contribution in [0.4, 0.5) is 0 Å². The van der Waals surface area contributed by atoms with Crippen LogP contribution in [0.25, 0.3) is 0 Å². The molecule has 0 radical (unpaired) electrons. The van der Waals surface area contributed by atoms with Crippen LogP contribution in [0, 0.1) is 0 Å². The van der Waals surface area contributed by atoms with Gasteiger partial charge in [-0.05, 0) is 56.2 Å². The standard InChI is InChI=1S/C18H20ClNO2/c1-18(2,3)20-17(22)14-6-4-12(5-7-14)16(21)13-8-10-15(19)11-9-13/h4-11,16,21H,1-3H3,(H,20,22). The van der Waals surface area contributed by atoms with E-state index in [1.807, 2.05) is 20.8 Å². The molecule has 116 valence electrons. The molecule has 0 aromatic heterocycles. The summed E-state index contributed by atoms with van der Waals surface area (Å²) >= 11 is 5.84. The molecule has 2 aromatic rings. The van der Waals surface area contributed by atoms with Crippen molar-refractivity contribution in [3.63, 3.8) is 0 Å². The van der Waals surface area contributed by atoms with Gasteiger partial charge in [0.1, 0.15) is 6.10 Å². The molecule has 2 aromatic carbocycles. The fourth-order valence-electron chi connectivity index (χ4n) is 2.07. The molecule has 0 bridgehead atoms. The predicted molar refractivity (Wildman–Crippen MR) is 89.2 cm³/mol. The van der Waals surface area contributed by atoms with E-state index in [1.54, 1.807) is 48.5 Å². The highest BCUT2D eigenvalue weighted by Crippen LogP contribution is 2.23. The van der Waals surface area contributed by atoms with E-state index in [0.717, 1.165) is 11.1 Å². The van der Waals surface area contributed by atoms with Gasteiger partial charge in [-0.3, -0.25) is 4.79 Å². The molecule has 3 nitrogen and oxygen atoms in total. The van der Waals surface area contributed by atoms with Crippen LogP contribution >= 0.6 is 11.6 Å². The van der Waals surface area contributed by atoms with Gasteiger partial charge in [0.25, 0.3) is 5.91 Å². The van der Waals surface area contributed by atoms with Gasteiger partial charge in [-0.1, -0.05) is 35.9 Å². The summed E-state index contributed by atoms with van der Waals surface area (Å²) in [6, 6.07) is 14.0. The van der Waals surface area contributed by atoms with Crippen molar-refractivity contribution in [1.82, 2.24) is 5.32 Å². The molecular weight excluding hydrogens is 298 g/mol. The number of benzene rings is 2. The predicted octanol–water partition coefficient (Wildman–Crippen LogP) is 3.95. The van der Waals surface area contributed by atoms with Crippen LogP contribution < -0.4 is 5.32 Å². The maximum Gasteiger partial charge on any atom is 0.251 e. The quantitative estimate of drug-likeness (QED) is 0.900. The van der Waals surface area contributed by atoms with Crippen LogP contribution in [0.3, 0.4) is 0 Å². The Balaban J connectivity index is 2.14. The van der Waals surface area contributed by atoms with Crippen molar-refractivity contribution in [2.24, 2.45) is 0 Å². The third kappa shape index (κ3) is 4.33. The maximum atomic E-state index is 12.1. The second-order valence-electron chi connectivity index (χ2n) is 6.28. The lowest BCUT2D eigenvalue weighted by Crippen LogP contribution is -2.40. The summed E-state index contributed by atoms with van der Waals surface area (Å²) in [5, 5.41) is 13.9. The van der Waals surface area contributed by atoms with E-state index in [-0.39, 0.29) is 11.4 Å². The molecule has 1 unspecified atom stereocenters.